The molecule has 0 aliphatic heterocycles. The summed E-state index contributed by atoms with van der Waals surface area (Å²) in [7, 11) is 0. The first-order chi connectivity index (χ1) is 7.20. The Morgan fingerprint density at radius 2 is 1.93 bits per heavy atom. The highest BCUT2D eigenvalue weighted by Gasteiger charge is 2.04. The summed E-state index contributed by atoms with van der Waals surface area (Å²) in [5, 5.41) is 13.2. The van der Waals surface area contributed by atoms with Crippen LogP contribution in [0.4, 0.5) is 0 Å². The van der Waals surface area contributed by atoms with Crippen molar-refractivity contribution in [2.75, 3.05) is 0 Å². The van der Waals surface area contributed by atoms with Crippen LogP contribution < -0.4 is 0 Å². The van der Waals surface area contributed by atoms with Crippen LogP contribution in [-0.4, -0.2) is 0 Å². The van der Waals surface area contributed by atoms with Gasteiger partial charge in [-0.1, -0.05) is 6.07 Å². The first kappa shape index (κ1) is 9.95. The third-order valence-electron chi connectivity index (χ3n) is 2.37. The van der Waals surface area contributed by atoms with Crippen LogP contribution in [0.1, 0.15) is 16.7 Å². The zero-order chi connectivity index (χ0) is 10.8. The minimum absolute atomic E-state index is 0.732. The molecule has 74 valence electrons. The summed E-state index contributed by atoms with van der Waals surface area (Å²) in [6, 6.07) is 8.17. The van der Waals surface area contributed by atoms with Crippen LogP contribution in [0.2, 0.25) is 0 Å². The zero-order valence-corrected chi connectivity index (χ0v) is 9.56. The fourth-order valence-corrected chi connectivity index (χ4v) is 2.52. The SMILES string of the molecule is Cc1cc(C#N)cc(-c2cscc2C)c1. The summed E-state index contributed by atoms with van der Waals surface area (Å²) in [4.78, 5) is 0. The van der Waals surface area contributed by atoms with E-state index in [4.69, 9.17) is 5.26 Å². The van der Waals surface area contributed by atoms with Crippen molar-refractivity contribution in [1.29, 1.82) is 5.26 Å². The summed E-state index contributed by atoms with van der Waals surface area (Å²) in [5.74, 6) is 0. The second-order valence-corrected chi connectivity index (χ2v) is 4.41. The minimum atomic E-state index is 0.732. The van der Waals surface area contributed by atoms with Crippen molar-refractivity contribution in [2.45, 2.75) is 13.8 Å². The largest absolute Gasteiger partial charge is 0.192 e. The minimum Gasteiger partial charge on any atom is -0.192 e. The Kier molecular flexibility index (Phi) is 2.57. The summed E-state index contributed by atoms with van der Waals surface area (Å²) in [6.07, 6.45) is 0. The average Bonchev–Trinajstić information content (AvgIpc) is 2.63. The smallest absolute Gasteiger partial charge is 0.0991 e. The lowest BCUT2D eigenvalue weighted by Gasteiger charge is -2.03. The summed E-state index contributed by atoms with van der Waals surface area (Å²) in [5.41, 5.74) is 5.52. The lowest BCUT2D eigenvalue weighted by Crippen LogP contribution is -1.83. The number of rotatable bonds is 1. The monoisotopic (exact) mass is 213 g/mol. The number of aryl methyl sites for hydroxylation is 2. The third kappa shape index (κ3) is 1.93. The Morgan fingerprint density at radius 1 is 1.13 bits per heavy atom. The summed E-state index contributed by atoms with van der Waals surface area (Å²) < 4.78 is 0. The van der Waals surface area contributed by atoms with E-state index in [1.54, 1.807) is 11.3 Å². The average molecular weight is 213 g/mol. The molecule has 1 nitrogen and oxygen atoms in total. The predicted molar refractivity (Wildman–Crippen MR) is 63.9 cm³/mol. The van der Waals surface area contributed by atoms with Gasteiger partial charge >= 0.3 is 0 Å². The molecule has 0 unspecified atom stereocenters. The Hall–Kier alpha value is -1.59. The summed E-state index contributed by atoms with van der Waals surface area (Å²) >= 11 is 1.70. The van der Waals surface area contributed by atoms with E-state index in [9.17, 15) is 0 Å². The number of nitriles is 1. The highest BCUT2D eigenvalue weighted by Crippen LogP contribution is 2.28. The van der Waals surface area contributed by atoms with Crippen molar-refractivity contribution in [3.8, 4) is 17.2 Å². The molecule has 0 saturated heterocycles. The van der Waals surface area contributed by atoms with Crippen molar-refractivity contribution in [3.05, 3.63) is 45.6 Å². The molecule has 1 aromatic heterocycles. The van der Waals surface area contributed by atoms with Gasteiger partial charge in [0, 0.05) is 0 Å². The van der Waals surface area contributed by atoms with Gasteiger partial charge < -0.3 is 0 Å². The lowest BCUT2D eigenvalue weighted by atomic mass is 10.0. The Labute approximate surface area is 93.6 Å². The van der Waals surface area contributed by atoms with E-state index in [1.807, 2.05) is 19.1 Å². The Bertz CT molecular complexity index is 532. The fourth-order valence-electron chi connectivity index (χ4n) is 1.66. The zero-order valence-electron chi connectivity index (χ0n) is 8.74. The molecule has 0 N–H and O–H groups in total. The molecule has 0 aliphatic carbocycles. The van der Waals surface area contributed by atoms with Crippen LogP contribution in [0, 0.1) is 25.2 Å². The van der Waals surface area contributed by atoms with Crippen LogP contribution in [0.25, 0.3) is 11.1 Å². The maximum atomic E-state index is 8.91. The van der Waals surface area contributed by atoms with E-state index in [2.05, 4.69) is 29.8 Å². The molecular weight excluding hydrogens is 202 g/mol. The van der Waals surface area contributed by atoms with Crippen molar-refractivity contribution in [1.82, 2.24) is 0 Å². The van der Waals surface area contributed by atoms with Gasteiger partial charge in [-0.3, -0.25) is 0 Å². The van der Waals surface area contributed by atoms with E-state index in [-0.39, 0.29) is 0 Å². The number of thiophene rings is 1. The molecule has 0 aliphatic rings. The van der Waals surface area contributed by atoms with Gasteiger partial charge in [-0.05, 0) is 59.0 Å². The molecule has 1 aromatic carbocycles. The Morgan fingerprint density at radius 3 is 2.53 bits per heavy atom. The second-order valence-electron chi connectivity index (χ2n) is 3.67. The van der Waals surface area contributed by atoms with Crippen molar-refractivity contribution >= 4 is 11.3 Å². The van der Waals surface area contributed by atoms with Crippen LogP contribution in [0.15, 0.2) is 29.0 Å². The molecule has 0 spiro atoms. The van der Waals surface area contributed by atoms with Gasteiger partial charge in [0.15, 0.2) is 0 Å². The highest BCUT2D eigenvalue weighted by atomic mass is 32.1. The first-order valence-electron chi connectivity index (χ1n) is 4.75. The van der Waals surface area contributed by atoms with Gasteiger partial charge in [-0.15, -0.1) is 0 Å². The molecule has 15 heavy (non-hydrogen) atoms. The molecule has 0 bridgehead atoms. The van der Waals surface area contributed by atoms with Gasteiger partial charge in [-0.25, -0.2) is 0 Å². The Balaban J connectivity index is 2.59. The van der Waals surface area contributed by atoms with Gasteiger partial charge in [0.2, 0.25) is 0 Å². The maximum absolute atomic E-state index is 8.91. The van der Waals surface area contributed by atoms with E-state index in [0.717, 1.165) is 16.7 Å². The second kappa shape index (κ2) is 3.88. The van der Waals surface area contributed by atoms with Crippen LogP contribution in [0.3, 0.4) is 0 Å². The standard InChI is InChI=1S/C13H11NS/c1-9-3-11(6-14)5-12(4-9)13-8-15-7-10(13)2/h3-5,7-8H,1-2H3. The molecule has 2 aromatic rings. The quantitative estimate of drug-likeness (QED) is 0.704. The van der Waals surface area contributed by atoms with E-state index in [0.29, 0.717) is 0 Å². The number of hydrogen-bond donors (Lipinski definition) is 0. The maximum Gasteiger partial charge on any atom is 0.0991 e. The number of nitrogens with zero attached hydrogens (tertiary/aromatic N) is 1. The molecule has 0 atom stereocenters. The van der Waals surface area contributed by atoms with E-state index >= 15 is 0 Å². The van der Waals surface area contributed by atoms with Crippen molar-refractivity contribution in [3.63, 3.8) is 0 Å². The highest BCUT2D eigenvalue weighted by molar-refractivity contribution is 7.08. The fraction of sp³-hybridized carbons (Fsp3) is 0.154. The molecule has 0 radical (unpaired) electrons. The van der Waals surface area contributed by atoms with Gasteiger partial charge in [-0.2, -0.15) is 16.6 Å². The van der Waals surface area contributed by atoms with Crippen molar-refractivity contribution in [2.24, 2.45) is 0 Å². The van der Waals surface area contributed by atoms with Gasteiger partial charge in [0.1, 0.15) is 0 Å². The molecule has 0 fully saturated rings. The topological polar surface area (TPSA) is 23.8 Å². The van der Waals surface area contributed by atoms with Crippen LogP contribution in [0.5, 0.6) is 0 Å². The predicted octanol–water partition coefficient (Wildman–Crippen LogP) is 3.90. The molecule has 0 saturated carbocycles. The van der Waals surface area contributed by atoms with Crippen molar-refractivity contribution < 1.29 is 0 Å². The third-order valence-corrected chi connectivity index (χ3v) is 3.23. The summed E-state index contributed by atoms with van der Waals surface area (Å²) in [6.45, 7) is 4.12. The van der Waals surface area contributed by atoms with Crippen LogP contribution >= 0.6 is 11.3 Å². The molecule has 2 heteroatoms. The molecule has 1 heterocycles. The van der Waals surface area contributed by atoms with Crippen LogP contribution in [-0.2, 0) is 0 Å². The normalized spacial score (nSPS) is 9.93. The van der Waals surface area contributed by atoms with E-state index < -0.39 is 0 Å². The first-order valence-corrected chi connectivity index (χ1v) is 5.70. The van der Waals surface area contributed by atoms with E-state index in [1.165, 1.54) is 11.1 Å². The van der Waals surface area contributed by atoms with Gasteiger partial charge in [0.25, 0.3) is 0 Å². The van der Waals surface area contributed by atoms with Gasteiger partial charge in [0.05, 0.1) is 11.6 Å². The molecule has 0 amide bonds. The number of benzene rings is 1. The molecule has 2 rings (SSSR count). The molecular formula is C13H11NS. The number of hydrogen-bond acceptors (Lipinski definition) is 2. The lowest BCUT2D eigenvalue weighted by molar-refractivity contribution is 1.41.